The van der Waals surface area contributed by atoms with Crippen molar-refractivity contribution >= 4 is 22.5 Å². The maximum absolute atomic E-state index is 14.7. The van der Waals surface area contributed by atoms with E-state index in [4.69, 9.17) is 21.2 Å². The molecule has 1 saturated carbocycles. The van der Waals surface area contributed by atoms with Gasteiger partial charge in [0.15, 0.2) is 11.5 Å². The van der Waals surface area contributed by atoms with E-state index in [1.807, 2.05) is 32.0 Å². The summed E-state index contributed by atoms with van der Waals surface area (Å²) in [5.74, 6) is 1.38. The van der Waals surface area contributed by atoms with Crippen molar-refractivity contribution in [3.63, 3.8) is 0 Å². The Hall–Kier alpha value is -3.33. The number of nitrogen functional groups attached to an aromatic ring is 1. The number of pyridine rings is 1. The Labute approximate surface area is 178 Å². The maximum atomic E-state index is 14.7. The van der Waals surface area contributed by atoms with Gasteiger partial charge in [0.1, 0.15) is 17.1 Å². The lowest BCUT2D eigenvalue weighted by Gasteiger charge is -2.33. The molecule has 3 heterocycles. The van der Waals surface area contributed by atoms with Crippen LogP contribution in [0.4, 0.5) is 10.3 Å². The number of nitrogens with two attached hydrogens (primary N) is 2. The molecule has 0 bridgehead atoms. The fourth-order valence-electron chi connectivity index (χ4n) is 4.13. The van der Waals surface area contributed by atoms with Crippen LogP contribution in [0.15, 0.2) is 30.5 Å². The zero-order valence-corrected chi connectivity index (χ0v) is 17.6. The molecule has 31 heavy (non-hydrogen) atoms. The molecule has 1 aliphatic carbocycles. The number of nitrogens with zero attached hydrogens (tertiary/aromatic N) is 5. The van der Waals surface area contributed by atoms with Crippen molar-refractivity contribution < 1.29 is 9.13 Å². The second-order valence-corrected chi connectivity index (χ2v) is 8.71. The number of hydrogen-bond acceptors (Lipinski definition) is 7. The number of para-hydroxylation sites is 1. The third-order valence-electron chi connectivity index (χ3n) is 6.03. The number of rotatable bonds is 4. The minimum atomic E-state index is -0.631. The van der Waals surface area contributed by atoms with E-state index in [0.717, 1.165) is 18.2 Å². The van der Waals surface area contributed by atoms with Gasteiger partial charge in [0.05, 0.1) is 12.8 Å². The highest BCUT2D eigenvalue weighted by molar-refractivity contribution is 5.95. The molecular weight excluding hydrogens is 397 g/mol. The third-order valence-corrected chi connectivity index (χ3v) is 6.03. The Morgan fingerprint density at radius 2 is 1.97 bits per heavy atom. The number of methoxy groups -OCH3 is 1. The Morgan fingerprint density at radius 3 is 2.65 bits per heavy atom. The van der Waals surface area contributed by atoms with Crippen LogP contribution in [0.1, 0.15) is 55.6 Å². The number of ether oxygens (including phenoxy) is 1. The fourth-order valence-corrected chi connectivity index (χ4v) is 4.13. The Balaban J connectivity index is 1.44. The molecule has 0 spiro atoms. The SMILES string of the molecule is COc1cccc2c1nc(N)n1nc([C@H]3C[C@@H](c4ncc(C(C)(C)N)cc4F)C3)nc21. The number of hydrogen-bond donors (Lipinski definition) is 2. The summed E-state index contributed by atoms with van der Waals surface area (Å²) in [6.45, 7) is 3.66. The molecular formula is C22H24FN7O. The van der Waals surface area contributed by atoms with E-state index < -0.39 is 5.54 Å². The van der Waals surface area contributed by atoms with Crippen molar-refractivity contribution in [1.82, 2.24) is 24.6 Å². The first-order valence-electron chi connectivity index (χ1n) is 10.2. The van der Waals surface area contributed by atoms with E-state index in [2.05, 4.69) is 15.1 Å². The van der Waals surface area contributed by atoms with Gasteiger partial charge in [-0.05, 0) is 50.5 Å². The van der Waals surface area contributed by atoms with Gasteiger partial charge in [0.25, 0.3) is 0 Å². The van der Waals surface area contributed by atoms with Crippen molar-refractivity contribution in [2.75, 3.05) is 12.8 Å². The van der Waals surface area contributed by atoms with Crippen LogP contribution in [0.3, 0.4) is 0 Å². The summed E-state index contributed by atoms with van der Waals surface area (Å²) in [4.78, 5) is 13.5. The first-order valence-corrected chi connectivity index (χ1v) is 10.2. The van der Waals surface area contributed by atoms with Crippen LogP contribution in [0.25, 0.3) is 16.6 Å². The van der Waals surface area contributed by atoms with Gasteiger partial charge in [-0.25, -0.2) is 14.4 Å². The smallest absolute Gasteiger partial charge is 0.223 e. The number of fused-ring (bicyclic) bond motifs is 3. The molecule has 0 radical (unpaired) electrons. The highest BCUT2D eigenvalue weighted by Gasteiger charge is 2.37. The molecule has 5 rings (SSSR count). The van der Waals surface area contributed by atoms with Gasteiger partial charge in [0, 0.05) is 29.0 Å². The van der Waals surface area contributed by atoms with Gasteiger partial charge in [0.2, 0.25) is 5.95 Å². The average molecular weight is 421 g/mol. The molecule has 1 aliphatic rings. The van der Waals surface area contributed by atoms with Crippen LogP contribution in [0.5, 0.6) is 5.75 Å². The van der Waals surface area contributed by atoms with Crippen LogP contribution < -0.4 is 16.2 Å². The van der Waals surface area contributed by atoms with Gasteiger partial charge in [-0.3, -0.25) is 4.98 Å². The van der Waals surface area contributed by atoms with E-state index in [9.17, 15) is 4.39 Å². The minimum Gasteiger partial charge on any atom is -0.494 e. The largest absolute Gasteiger partial charge is 0.494 e. The monoisotopic (exact) mass is 421 g/mol. The number of benzene rings is 1. The predicted molar refractivity (Wildman–Crippen MR) is 115 cm³/mol. The predicted octanol–water partition coefficient (Wildman–Crippen LogP) is 3.26. The Kier molecular flexibility index (Phi) is 4.33. The van der Waals surface area contributed by atoms with Crippen LogP contribution in [0, 0.1) is 5.82 Å². The van der Waals surface area contributed by atoms with Gasteiger partial charge >= 0.3 is 0 Å². The van der Waals surface area contributed by atoms with Crippen LogP contribution >= 0.6 is 0 Å². The highest BCUT2D eigenvalue weighted by atomic mass is 19.1. The summed E-state index contributed by atoms with van der Waals surface area (Å²) in [6, 6.07) is 7.12. The van der Waals surface area contributed by atoms with Crippen LogP contribution in [-0.2, 0) is 5.54 Å². The molecule has 9 heteroatoms. The van der Waals surface area contributed by atoms with E-state index in [-0.39, 0.29) is 23.6 Å². The molecule has 0 amide bonds. The normalized spacial score (nSPS) is 19.0. The zero-order valence-electron chi connectivity index (χ0n) is 17.6. The lowest BCUT2D eigenvalue weighted by Crippen LogP contribution is -2.29. The number of halogens is 1. The summed E-state index contributed by atoms with van der Waals surface area (Å²) in [5, 5.41) is 5.40. The quantitative estimate of drug-likeness (QED) is 0.519. The molecule has 0 unspecified atom stereocenters. The number of anilines is 1. The van der Waals surface area contributed by atoms with Crippen molar-refractivity contribution in [2.45, 2.75) is 44.1 Å². The molecule has 160 valence electrons. The van der Waals surface area contributed by atoms with Crippen molar-refractivity contribution in [1.29, 1.82) is 0 Å². The second-order valence-electron chi connectivity index (χ2n) is 8.71. The average Bonchev–Trinajstić information content (AvgIpc) is 3.13. The van der Waals surface area contributed by atoms with Crippen molar-refractivity contribution in [3.05, 3.63) is 53.4 Å². The molecule has 3 aromatic heterocycles. The van der Waals surface area contributed by atoms with Gasteiger partial charge in [-0.2, -0.15) is 4.52 Å². The topological polar surface area (TPSA) is 117 Å². The molecule has 4 aromatic rings. The maximum Gasteiger partial charge on any atom is 0.223 e. The molecule has 0 atom stereocenters. The molecule has 1 aromatic carbocycles. The van der Waals surface area contributed by atoms with E-state index >= 15 is 0 Å². The van der Waals surface area contributed by atoms with Gasteiger partial charge < -0.3 is 16.2 Å². The van der Waals surface area contributed by atoms with E-state index in [1.165, 1.54) is 6.07 Å². The third kappa shape index (κ3) is 3.16. The van der Waals surface area contributed by atoms with Crippen molar-refractivity contribution in [2.24, 2.45) is 5.73 Å². The molecule has 8 nitrogen and oxygen atoms in total. The minimum absolute atomic E-state index is 0.0267. The molecule has 1 fully saturated rings. The molecule has 0 saturated heterocycles. The Morgan fingerprint density at radius 1 is 1.19 bits per heavy atom. The van der Waals surface area contributed by atoms with Crippen molar-refractivity contribution in [3.8, 4) is 5.75 Å². The van der Waals surface area contributed by atoms with E-state index in [1.54, 1.807) is 17.8 Å². The molecule has 4 N–H and O–H groups in total. The second kappa shape index (κ2) is 6.84. The van der Waals surface area contributed by atoms with Crippen LogP contribution in [0.2, 0.25) is 0 Å². The van der Waals surface area contributed by atoms with Gasteiger partial charge in [-0.15, -0.1) is 5.10 Å². The highest BCUT2D eigenvalue weighted by Crippen LogP contribution is 2.47. The summed E-state index contributed by atoms with van der Waals surface area (Å²) in [7, 11) is 1.59. The van der Waals surface area contributed by atoms with Crippen LogP contribution in [-0.4, -0.2) is 31.7 Å². The fraction of sp³-hybridized carbons (Fsp3) is 0.364. The first kappa shape index (κ1) is 19.6. The standard InChI is InChI=1S/C22H24FN7O/c1-22(2,25)13-9-15(23)17(26-10-13)11-7-12(8-11)19-28-20-14-5-4-6-16(31-3)18(14)27-21(24)30(20)29-19/h4-6,9-12H,7-8,25H2,1-3H3,(H2,24,27)/t11-,12+. The lowest BCUT2D eigenvalue weighted by atomic mass is 9.72. The Bertz CT molecular complexity index is 1300. The molecule has 0 aliphatic heterocycles. The van der Waals surface area contributed by atoms with Gasteiger partial charge in [-0.1, -0.05) is 6.07 Å². The summed E-state index contributed by atoms with van der Waals surface area (Å²) < 4.78 is 21.6. The van der Waals surface area contributed by atoms with E-state index in [0.29, 0.717) is 34.0 Å². The zero-order chi connectivity index (χ0) is 21.9. The lowest BCUT2D eigenvalue weighted by molar-refractivity contribution is 0.322. The summed E-state index contributed by atoms with van der Waals surface area (Å²) in [6.07, 6.45) is 3.11. The number of aromatic nitrogens is 5. The first-order chi connectivity index (χ1) is 14.8. The summed E-state index contributed by atoms with van der Waals surface area (Å²) in [5.41, 5.74) is 14.0. The summed E-state index contributed by atoms with van der Waals surface area (Å²) >= 11 is 0.